The number of hydrogen-bond donors (Lipinski definition) is 1. The van der Waals surface area contributed by atoms with Gasteiger partial charge in [0.25, 0.3) is 0 Å². The summed E-state index contributed by atoms with van der Waals surface area (Å²) in [4.78, 5) is 15.5. The zero-order chi connectivity index (χ0) is 14.7. The quantitative estimate of drug-likeness (QED) is 0.928. The Hall–Kier alpha value is -0.720. The van der Waals surface area contributed by atoms with E-state index in [2.05, 4.69) is 23.0 Å². The van der Waals surface area contributed by atoms with Gasteiger partial charge in [0.15, 0.2) is 0 Å². The van der Waals surface area contributed by atoms with Crippen LogP contribution in [-0.2, 0) is 4.74 Å². The molecule has 1 aliphatic heterocycles. The predicted molar refractivity (Wildman–Crippen MR) is 88.1 cm³/mol. The van der Waals surface area contributed by atoms with E-state index in [1.165, 1.54) is 11.3 Å². The number of thiophene rings is 1. The van der Waals surface area contributed by atoms with E-state index in [4.69, 9.17) is 4.74 Å². The number of hydrogen-bond acceptors (Lipinski definition) is 4. The lowest BCUT2D eigenvalue weighted by Gasteiger charge is -2.33. The van der Waals surface area contributed by atoms with Gasteiger partial charge in [0, 0.05) is 22.7 Å². The summed E-state index contributed by atoms with van der Waals surface area (Å²) in [5.41, 5.74) is 0. The highest BCUT2D eigenvalue weighted by Crippen LogP contribution is 2.29. The number of urea groups is 1. The summed E-state index contributed by atoms with van der Waals surface area (Å²) in [5, 5.41) is 5.96. The molecule has 21 heavy (non-hydrogen) atoms. The third kappa shape index (κ3) is 3.73. The maximum Gasteiger partial charge on any atom is 0.317 e. The van der Waals surface area contributed by atoms with Gasteiger partial charge in [-0.05, 0) is 37.0 Å². The van der Waals surface area contributed by atoms with E-state index >= 15 is 0 Å². The first-order valence-corrected chi connectivity index (χ1v) is 9.66. The first-order valence-electron chi connectivity index (χ1n) is 7.49. The van der Waals surface area contributed by atoms with Crippen LogP contribution in [0.5, 0.6) is 0 Å². The maximum absolute atomic E-state index is 12.4. The molecule has 2 aliphatic rings. The standard InChI is InChI=1S/C15H22N2O2S2/c1-20-12-5-4-11(9-12)16-15(18)17-6-7-19-13(10-17)14-3-2-8-21-14/h2-3,8,11-13H,4-7,9-10H2,1H3,(H,16,18)/t11-,12+,13+/m0/s1. The molecule has 6 heteroatoms. The average molecular weight is 326 g/mol. The van der Waals surface area contributed by atoms with E-state index < -0.39 is 0 Å². The number of rotatable bonds is 3. The normalized spacial score (nSPS) is 29.6. The number of nitrogens with one attached hydrogen (secondary N) is 1. The van der Waals surface area contributed by atoms with Crippen molar-refractivity contribution in [3.63, 3.8) is 0 Å². The van der Waals surface area contributed by atoms with Crippen molar-refractivity contribution in [1.82, 2.24) is 10.2 Å². The highest BCUT2D eigenvalue weighted by molar-refractivity contribution is 7.99. The lowest BCUT2D eigenvalue weighted by Crippen LogP contribution is -2.49. The molecule has 2 heterocycles. The SMILES string of the molecule is CS[C@@H]1CC[C@H](NC(=O)N2CCO[C@@H](c3cccs3)C2)C1. The lowest BCUT2D eigenvalue weighted by atomic mass is 10.2. The van der Waals surface area contributed by atoms with Crippen molar-refractivity contribution in [1.29, 1.82) is 0 Å². The third-order valence-electron chi connectivity index (χ3n) is 4.26. The summed E-state index contributed by atoms with van der Waals surface area (Å²) in [5.74, 6) is 0. The van der Waals surface area contributed by atoms with Crippen molar-refractivity contribution in [3.05, 3.63) is 22.4 Å². The molecule has 116 valence electrons. The van der Waals surface area contributed by atoms with Gasteiger partial charge in [-0.25, -0.2) is 4.79 Å². The molecule has 1 aromatic heterocycles. The molecule has 1 saturated carbocycles. The predicted octanol–water partition coefficient (Wildman–Crippen LogP) is 3.12. The smallest absolute Gasteiger partial charge is 0.317 e. The number of ether oxygens (including phenoxy) is 1. The second kappa shape index (κ2) is 7.03. The van der Waals surface area contributed by atoms with Crippen LogP contribution in [0.25, 0.3) is 0 Å². The van der Waals surface area contributed by atoms with Gasteiger partial charge in [0.05, 0.1) is 13.2 Å². The summed E-state index contributed by atoms with van der Waals surface area (Å²) in [6, 6.07) is 4.53. The Morgan fingerprint density at radius 3 is 3.14 bits per heavy atom. The lowest BCUT2D eigenvalue weighted by molar-refractivity contribution is -0.0138. The molecule has 1 aromatic rings. The van der Waals surface area contributed by atoms with Crippen LogP contribution < -0.4 is 5.32 Å². The molecule has 1 N–H and O–H groups in total. The molecule has 0 radical (unpaired) electrons. The van der Waals surface area contributed by atoms with Crippen molar-refractivity contribution >= 4 is 29.1 Å². The molecule has 1 saturated heterocycles. The largest absolute Gasteiger partial charge is 0.369 e. The van der Waals surface area contributed by atoms with Crippen molar-refractivity contribution in [2.24, 2.45) is 0 Å². The summed E-state index contributed by atoms with van der Waals surface area (Å²) in [6.45, 7) is 1.96. The molecule has 0 spiro atoms. The Kier molecular flexibility index (Phi) is 5.08. The number of carbonyl (C=O) groups excluding carboxylic acids is 1. The Labute approximate surface area is 134 Å². The summed E-state index contributed by atoms with van der Waals surface area (Å²) in [6.07, 6.45) is 5.61. The molecule has 3 atom stereocenters. The molecule has 3 rings (SSSR count). The van der Waals surface area contributed by atoms with Crippen LogP contribution in [0.15, 0.2) is 17.5 Å². The molecular weight excluding hydrogens is 304 g/mol. The van der Waals surface area contributed by atoms with Gasteiger partial charge < -0.3 is 15.0 Å². The number of nitrogens with zero attached hydrogens (tertiary/aromatic N) is 1. The molecular formula is C15H22N2O2S2. The Morgan fingerprint density at radius 2 is 2.43 bits per heavy atom. The fourth-order valence-electron chi connectivity index (χ4n) is 3.03. The van der Waals surface area contributed by atoms with Crippen LogP contribution in [0.3, 0.4) is 0 Å². The summed E-state index contributed by atoms with van der Waals surface area (Å²) < 4.78 is 5.79. The zero-order valence-electron chi connectivity index (χ0n) is 12.3. The van der Waals surface area contributed by atoms with Crippen LogP contribution in [0, 0.1) is 0 Å². The van der Waals surface area contributed by atoms with E-state index in [-0.39, 0.29) is 12.1 Å². The monoisotopic (exact) mass is 326 g/mol. The van der Waals surface area contributed by atoms with E-state index in [1.54, 1.807) is 11.3 Å². The first-order chi connectivity index (χ1) is 10.3. The first kappa shape index (κ1) is 15.2. The Balaban J connectivity index is 1.53. The molecule has 0 aromatic carbocycles. The van der Waals surface area contributed by atoms with Gasteiger partial charge in [-0.2, -0.15) is 11.8 Å². The van der Waals surface area contributed by atoms with Crippen LogP contribution in [0.2, 0.25) is 0 Å². The minimum Gasteiger partial charge on any atom is -0.369 e. The second-order valence-corrected chi connectivity index (χ2v) is 7.76. The third-order valence-corrected chi connectivity index (χ3v) is 6.32. The van der Waals surface area contributed by atoms with Gasteiger partial charge in [-0.3, -0.25) is 0 Å². The highest BCUT2D eigenvalue weighted by Gasteiger charge is 2.30. The minimum absolute atomic E-state index is 0.0343. The van der Waals surface area contributed by atoms with E-state index in [0.717, 1.165) is 12.8 Å². The van der Waals surface area contributed by atoms with Crippen molar-refractivity contribution < 1.29 is 9.53 Å². The number of amides is 2. The van der Waals surface area contributed by atoms with Crippen LogP contribution in [-0.4, -0.2) is 48.2 Å². The Bertz CT molecular complexity index is 466. The van der Waals surface area contributed by atoms with Crippen molar-refractivity contribution in [2.75, 3.05) is 26.0 Å². The molecule has 2 fully saturated rings. The fraction of sp³-hybridized carbons (Fsp3) is 0.667. The topological polar surface area (TPSA) is 41.6 Å². The average Bonchev–Trinajstić information content (AvgIpc) is 3.18. The molecule has 0 bridgehead atoms. The summed E-state index contributed by atoms with van der Waals surface area (Å²) in [7, 11) is 0. The van der Waals surface area contributed by atoms with Gasteiger partial charge in [0.2, 0.25) is 0 Å². The van der Waals surface area contributed by atoms with Crippen molar-refractivity contribution in [2.45, 2.75) is 36.7 Å². The van der Waals surface area contributed by atoms with Gasteiger partial charge in [-0.15, -0.1) is 11.3 Å². The fourth-order valence-corrected chi connectivity index (χ4v) is 4.59. The molecule has 0 unspecified atom stereocenters. The maximum atomic E-state index is 12.4. The molecule has 4 nitrogen and oxygen atoms in total. The van der Waals surface area contributed by atoms with Crippen molar-refractivity contribution in [3.8, 4) is 0 Å². The van der Waals surface area contributed by atoms with Crippen LogP contribution >= 0.6 is 23.1 Å². The van der Waals surface area contributed by atoms with Crippen LogP contribution in [0.4, 0.5) is 4.79 Å². The van der Waals surface area contributed by atoms with Crippen LogP contribution in [0.1, 0.15) is 30.2 Å². The highest BCUT2D eigenvalue weighted by atomic mass is 32.2. The summed E-state index contributed by atoms with van der Waals surface area (Å²) >= 11 is 3.61. The number of carbonyl (C=O) groups is 1. The van der Waals surface area contributed by atoms with E-state index in [9.17, 15) is 4.79 Å². The van der Waals surface area contributed by atoms with E-state index in [0.29, 0.717) is 31.0 Å². The molecule has 2 amide bonds. The second-order valence-electron chi connectivity index (χ2n) is 5.64. The van der Waals surface area contributed by atoms with E-state index in [1.807, 2.05) is 22.7 Å². The zero-order valence-corrected chi connectivity index (χ0v) is 13.9. The van der Waals surface area contributed by atoms with Gasteiger partial charge in [0.1, 0.15) is 6.10 Å². The number of morpholine rings is 1. The minimum atomic E-state index is 0.0343. The van der Waals surface area contributed by atoms with Gasteiger partial charge in [-0.1, -0.05) is 6.07 Å². The number of thioether (sulfide) groups is 1. The molecule has 1 aliphatic carbocycles. The van der Waals surface area contributed by atoms with Gasteiger partial charge >= 0.3 is 6.03 Å². The Morgan fingerprint density at radius 1 is 1.52 bits per heavy atom.